The van der Waals surface area contributed by atoms with Gasteiger partial charge in [-0.1, -0.05) is 72.4 Å². The van der Waals surface area contributed by atoms with Crippen molar-refractivity contribution in [1.82, 2.24) is 19.9 Å². The molecule has 7 rings (SSSR count). The molecule has 6 aromatic rings. The van der Waals surface area contributed by atoms with Crippen LogP contribution in [0.2, 0.25) is 10.6 Å². The summed E-state index contributed by atoms with van der Waals surface area (Å²) < 4.78 is 11.9. The molecule has 9 heteroatoms. The standard InChI is InChI=1S/C15H11ClN2OS.C14H7ClN2S/c1-20(19)13-9-5-3-7-11(13)14-10-6-2-4-8-12(10)17-15(16)18-14;15-14-16-9-5-3-7-11-12(9)13(17-14)8-4-1-2-6-10(8)18-11/h2-9H,1H3;1-7H. The molecule has 0 fully saturated rings. The molecule has 1 unspecified atom stereocenters. The van der Waals surface area contributed by atoms with E-state index in [1.165, 1.54) is 9.79 Å². The predicted octanol–water partition coefficient (Wildman–Crippen LogP) is 8.10. The first kappa shape index (κ1) is 24.9. The minimum atomic E-state index is -1.09. The zero-order valence-electron chi connectivity index (χ0n) is 19.9. The number of para-hydroxylation sites is 1. The van der Waals surface area contributed by atoms with Crippen LogP contribution in [0.3, 0.4) is 0 Å². The highest BCUT2D eigenvalue weighted by Crippen LogP contribution is 2.46. The molecule has 0 saturated heterocycles. The lowest BCUT2D eigenvalue weighted by atomic mass is 10.1. The van der Waals surface area contributed by atoms with Crippen LogP contribution in [-0.4, -0.2) is 30.4 Å². The third-order valence-electron chi connectivity index (χ3n) is 6.05. The average molecular weight is 574 g/mol. The molecule has 1 aliphatic heterocycles. The number of halogens is 2. The van der Waals surface area contributed by atoms with Crippen molar-refractivity contribution in [2.75, 3.05) is 6.26 Å². The monoisotopic (exact) mass is 572 g/mol. The number of rotatable bonds is 2. The van der Waals surface area contributed by atoms with E-state index in [9.17, 15) is 4.21 Å². The Balaban J connectivity index is 0.000000140. The van der Waals surface area contributed by atoms with E-state index >= 15 is 0 Å². The molecule has 0 N–H and O–H groups in total. The van der Waals surface area contributed by atoms with E-state index in [0.717, 1.165) is 43.5 Å². The number of nitrogens with zero attached hydrogens (tertiary/aromatic N) is 4. The van der Waals surface area contributed by atoms with Crippen LogP contribution in [0.25, 0.3) is 44.3 Å². The molecule has 3 heterocycles. The summed E-state index contributed by atoms with van der Waals surface area (Å²) in [6, 6.07) is 29.5. The second-order valence-electron chi connectivity index (χ2n) is 8.40. The molecule has 2 aromatic heterocycles. The van der Waals surface area contributed by atoms with Gasteiger partial charge in [-0.25, -0.2) is 19.9 Å². The second kappa shape index (κ2) is 10.4. The van der Waals surface area contributed by atoms with Crippen LogP contribution in [0, 0.1) is 0 Å². The number of benzene rings is 4. The molecule has 5 nitrogen and oxygen atoms in total. The highest BCUT2D eigenvalue weighted by molar-refractivity contribution is 7.99. The SMILES string of the molecule is CS(=O)c1ccccc1-c1nc(Cl)nc2ccccc12.Clc1nc2c3c(cccc3n1)Sc1ccccc1-2. The maximum atomic E-state index is 11.9. The quantitative estimate of drug-likeness (QED) is 0.195. The van der Waals surface area contributed by atoms with Crippen LogP contribution in [0.1, 0.15) is 0 Å². The molecule has 0 radical (unpaired) electrons. The Hall–Kier alpha value is -3.36. The molecule has 4 aromatic carbocycles. The van der Waals surface area contributed by atoms with E-state index in [1.807, 2.05) is 72.8 Å². The third kappa shape index (κ3) is 4.67. The maximum Gasteiger partial charge on any atom is 0.223 e. The zero-order valence-corrected chi connectivity index (χ0v) is 23.1. The normalized spacial score (nSPS) is 12.5. The van der Waals surface area contributed by atoms with E-state index in [2.05, 4.69) is 38.1 Å². The van der Waals surface area contributed by atoms with E-state index in [4.69, 9.17) is 23.2 Å². The molecule has 0 bridgehead atoms. The van der Waals surface area contributed by atoms with Crippen molar-refractivity contribution in [1.29, 1.82) is 0 Å². The first-order chi connectivity index (χ1) is 18.5. The van der Waals surface area contributed by atoms with Gasteiger partial charge in [0.2, 0.25) is 10.6 Å². The minimum absolute atomic E-state index is 0.190. The van der Waals surface area contributed by atoms with Crippen LogP contribution in [-0.2, 0) is 10.8 Å². The van der Waals surface area contributed by atoms with Gasteiger partial charge >= 0.3 is 0 Å². The Labute approximate surface area is 235 Å². The molecule has 0 saturated carbocycles. The smallest absolute Gasteiger partial charge is 0.223 e. The molecule has 1 aliphatic rings. The van der Waals surface area contributed by atoms with Gasteiger partial charge in [-0.2, -0.15) is 0 Å². The molecule has 186 valence electrons. The van der Waals surface area contributed by atoms with Crippen LogP contribution in [0.4, 0.5) is 0 Å². The van der Waals surface area contributed by atoms with Crippen molar-refractivity contribution in [3.63, 3.8) is 0 Å². The molecule has 0 aliphatic carbocycles. The zero-order chi connectivity index (χ0) is 26.2. The van der Waals surface area contributed by atoms with Gasteiger partial charge in [0, 0.05) is 42.8 Å². The first-order valence-electron chi connectivity index (χ1n) is 11.6. The summed E-state index contributed by atoms with van der Waals surface area (Å²) >= 11 is 13.8. The van der Waals surface area contributed by atoms with Crippen LogP contribution in [0.15, 0.2) is 106 Å². The van der Waals surface area contributed by atoms with Gasteiger partial charge in [0.15, 0.2) is 0 Å². The van der Waals surface area contributed by atoms with E-state index < -0.39 is 10.8 Å². The van der Waals surface area contributed by atoms with Crippen molar-refractivity contribution in [2.45, 2.75) is 14.7 Å². The second-order valence-corrected chi connectivity index (χ2v) is 11.5. The Morgan fingerprint density at radius 3 is 2.05 bits per heavy atom. The van der Waals surface area contributed by atoms with Gasteiger partial charge in [-0.15, -0.1) is 0 Å². The van der Waals surface area contributed by atoms with Gasteiger partial charge in [0.05, 0.1) is 33.2 Å². The molecule has 0 amide bonds. The molecular formula is C29H18Cl2N4OS2. The molecular weight excluding hydrogens is 555 g/mol. The van der Waals surface area contributed by atoms with Crippen LogP contribution >= 0.6 is 35.0 Å². The molecule has 1 atom stereocenters. The van der Waals surface area contributed by atoms with Crippen molar-refractivity contribution >= 4 is 67.6 Å². The fourth-order valence-electron chi connectivity index (χ4n) is 4.44. The van der Waals surface area contributed by atoms with Crippen LogP contribution in [0.5, 0.6) is 0 Å². The van der Waals surface area contributed by atoms with Crippen molar-refractivity contribution < 1.29 is 4.21 Å². The number of fused-ring (bicyclic) bond motifs is 3. The highest BCUT2D eigenvalue weighted by atomic mass is 35.5. The summed E-state index contributed by atoms with van der Waals surface area (Å²) in [6.45, 7) is 0. The Morgan fingerprint density at radius 1 is 0.632 bits per heavy atom. The van der Waals surface area contributed by atoms with E-state index in [0.29, 0.717) is 11.0 Å². The summed E-state index contributed by atoms with van der Waals surface area (Å²) in [6.07, 6.45) is 1.66. The largest absolute Gasteiger partial charge is 0.255 e. The summed E-state index contributed by atoms with van der Waals surface area (Å²) in [7, 11) is -1.09. The summed E-state index contributed by atoms with van der Waals surface area (Å²) in [5, 5.41) is 2.49. The molecule has 38 heavy (non-hydrogen) atoms. The lowest BCUT2D eigenvalue weighted by Gasteiger charge is -2.18. The van der Waals surface area contributed by atoms with Gasteiger partial charge in [0.25, 0.3) is 0 Å². The highest BCUT2D eigenvalue weighted by Gasteiger charge is 2.21. The fourth-order valence-corrected chi connectivity index (χ4v) is 6.64. The Morgan fingerprint density at radius 2 is 1.24 bits per heavy atom. The van der Waals surface area contributed by atoms with Gasteiger partial charge in [-0.05, 0) is 53.5 Å². The lowest BCUT2D eigenvalue weighted by molar-refractivity contribution is 0.687. The average Bonchev–Trinajstić information content (AvgIpc) is 2.93. The summed E-state index contributed by atoms with van der Waals surface area (Å²) in [4.78, 5) is 20.4. The fraction of sp³-hybridized carbons (Fsp3) is 0.0345. The maximum absolute atomic E-state index is 11.9. The van der Waals surface area contributed by atoms with Crippen molar-refractivity contribution in [2.24, 2.45) is 0 Å². The van der Waals surface area contributed by atoms with E-state index in [-0.39, 0.29) is 5.28 Å². The topological polar surface area (TPSA) is 68.6 Å². The van der Waals surface area contributed by atoms with Crippen LogP contribution < -0.4 is 0 Å². The van der Waals surface area contributed by atoms with E-state index in [1.54, 1.807) is 18.0 Å². The number of hydrogen-bond donors (Lipinski definition) is 0. The van der Waals surface area contributed by atoms with Gasteiger partial charge < -0.3 is 0 Å². The van der Waals surface area contributed by atoms with Gasteiger partial charge in [-0.3, -0.25) is 4.21 Å². The predicted molar refractivity (Wildman–Crippen MR) is 156 cm³/mol. The third-order valence-corrected chi connectivity index (χ3v) is 8.50. The molecule has 0 spiro atoms. The Kier molecular flexibility index (Phi) is 6.84. The summed E-state index contributed by atoms with van der Waals surface area (Å²) in [5.74, 6) is 0. The lowest BCUT2D eigenvalue weighted by Crippen LogP contribution is -1.97. The Bertz CT molecular complexity index is 1880. The number of hydrogen-bond acceptors (Lipinski definition) is 6. The summed E-state index contributed by atoms with van der Waals surface area (Å²) in [5.41, 5.74) is 5.30. The van der Waals surface area contributed by atoms with Crippen molar-refractivity contribution in [3.8, 4) is 22.5 Å². The van der Waals surface area contributed by atoms with Gasteiger partial charge in [0.1, 0.15) is 0 Å². The first-order valence-corrected chi connectivity index (χ1v) is 14.7. The van der Waals surface area contributed by atoms with Crippen molar-refractivity contribution in [3.05, 3.63) is 102 Å². The minimum Gasteiger partial charge on any atom is -0.255 e. The number of aromatic nitrogens is 4.